The van der Waals surface area contributed by atoms with Gasteiger partial charge in [0.15, 0.2) is 0 Å². The number of benzene rings is 1. The Bertz CT molecular complexity index is 579. The highest BCUT2D eigenvalue weighted by Gasteiger charge is 2.06. The lowest BCUT2D eigenvalue weighted by Crippen LogP contribution is -2.22. The molecule has 2 nitrogen and oxygen atoms in total. The van der Waals surface area contributed by atoms with Crippen LogP contribution in [-0.2, 0) is 6.42 Å². The second-order valence-corrected chi connectivity index (χ2v) is 4.34. The molecule has 0 radical (unpaired) electrons. The van der Waals surface area contributed by atoms with E-state index in [2.05, 4.69) is 0 Å². The molecule has 17 heavy (non-hydrogen) atoms. The van der Waals surface area contributed by atoms with Crippen molar-refractivity contribution >= 4 is 0 Å². The molecule has 0 N–H and O–H groups in total. The summed E-state index contributed by atoms with van der Waals surface area (Å²) < 4.78 is 1.71. The summed E-state index contributed by atoms with van der Waals surface area (Å²) in [5.41, 5.74) is 4.19. The van der Waals surface area contributed by atoms with E-state index >= 15 is 0 Å². The third-order valence-corrected chi connectivity index (χ3v) is 3.09. The molecule has 0 saturated carbocycles. The van der Waals surface area contributed by atoms with E-state index in [1.807, 2.05) is 57.3 Å². The zero-order valence-corrected chi connectivity index (χ0v) is 10.5. The van der Waals surface area contributed by atoms with Crippen molar-refractivity contribution in [2.24, 2.45) is 0 Å². The Kier molecular flexibility index (Phi) is 3.14. The number of hydrogen-bond donors (Lipinski definition) is 0. The van der Waals surface area contributed by atoms with Gasteiger partial charge in [-0.05, 0) is 44.0 Å². The second kappa shape index (κ2) is 4.58. The summed E-state index contributed by atoms with van der Waals surface area (Å²) in [7, 11) is 0. The highest BCUT2D eigenvalue weighted by atomic mass is 16.1. The van der Waals surface area contributed by atoms with Gasteiger partial charge in [-0.25, -0.2) is 0 Å². The van der Waals surface area contributed by atoms with Crippen molar-refractivity contribution in [2.45, 2.75) is 27.2 Å². The van der Waals surface area contributed by atoms with Gasteiger partial charge in [0.2, 0.25) is 0 Å². The van der Waals surface area contributed by atoms with Crippen molar-refractivity contribution in [1.29, 1.82) is 0 Å². The van der Waals surface area contributed by atoms with Gasteiger partial charge in [0.05, 0.1) is 0 Å². The lowest BCUT2D eigenvalue weighted by Gasteiger charge is -2.09. The van der Waals surface area contributed by atoms with E-state index in [1.165, 1.54) is 5.56 Å². The van der Waals surface area contributed by atoms with E-state index in [0.29, 0.717) is 0 Å². The molecule has 88 valence electrons. The molecule has 1 heterocycles. The predicted molar refractivity (Wildman–Crippen MR) is 70.9 cm³/mol. The topological polar surface area (TPSA) is 22.0 Å². The fraction of sp³-hybridized carbons (Fsp3) is 0.267. The standard InChI is InChI=1S/C15H17NO/c1-4-14-12(3)9-10-16(15(14)17)13-7-5-11(2)6-8-13/h5-10H,4H2,1-3H3. The van der Waals surface area contributed by atoms with E-state index in [4.69, 9.17) is 0 Å². The quantitative estimate of drug-likeness (QED) is 0.773. The maximum absolute atomic E-state index is 12.3. The van der Waals surface area contributed by atoms with Gasteiger partial charge < -0.3 is 0 Å². The van der Waals surface area contributed by atoms with Gasteiger partial charge in [-0.3, -0.25) is 9.36 Å². The van der Waals surface area contributed by atoms with E-state index in [9.17, 15) is 4.79 Å². The third kappa shape index (κ3) is 2.16. The summed E-state index contributed by atoms with van der Waals surface area (Å²) in [6.07, 6.45) is 2.62. The lowest BCUT2D eigenvalue weighted by atomic mass is 10.1. The zero-order chi connectivity index (χ0) is 12.4. The molecule has 0 aliphatic rings. The predicted octanol–water partition coefficient (Wildman–Crippen LogP) is 3.02. The van der Waals surface area contributed by atoms with Crippen LogP contribution in [0.25, 0.3) is 5.69 Å². The van der Waals surface area contributed by atoms with Gasteiger partial charge in [-0.1, -0.05) is 24.6 Å². The van der Waals surface area contributed by atoms with Gasteiger partial charge in [0.1, 0.15) is 0 Å². The first-order valence-electron chi connectivity index (χ1n) is 5.91. The first-order valence-corrected chi connectivity index (χ1v) is 5.91. The summed E-state index contributed by atoms with van der Waals surface area (Å²) in [6.45, 7) is 6.04. The number of aromatic nitrogens is 1. The highest BCUT2D eigenvalue weighted by molar-refractivity contribution is 5.36. The van der Waals surface area contributed by atoms with Crippen molar-refractivity contribution in [3.8, 4) is 5.69 Å². The molecule has 0 fully saturated rings. The average molecular weight is 227 g/mol. The molecule has 0 aliphatic heterocycles. The summed E-state index contributed by atoms with van der Waals surface area (Å²) in [4.78, 5) is 12.3. The van der Waals surface area contributed by atoms with Crippen LogP contribution in [0, 0.1) is 13.8 Å². The molecule has 0 atom stereocenters. The second-order valence-electron chi connectivity index (χ2n) is 4.34. The van der Waals surface area contributed by atoms with E-state index in [0.717, 1.165) is 23.2 Å². The molecule has 0 unspecified atom stereocenters. The van der Waals surface area contributed by atoms with Crippen LogP contribution >= 0.6 is 0 Å². The molecular weight excluding hydrogens is 210 g/mol. The molecule has 2 heteroatoms. The fourth-order valence-electron chi connectivity index (χ4n) is 2.01. The Labute approximate surface area is 102 Å². The number of pyridine rings is 1. The maximum Gasteiger partial charge on any atom is 0.258 e. The Morgan fingerprint density at radius 1 is 1.06 bits per heavy atom. The van der Waals surface area contributed by atoms with Crippen LogP contribution in [0.5, 0.6) is 0 Å². The van der Waals surface area contributed by atoms with Crippen molar-refractivity contribution < 1.29 is 0 Å². The van der Waals surface area contributed by atoms with Crippen LogP contribution in [0.4, 0.5) is 0 Å². The first-order chi connectivity index (χ1) is 8.13. The van der Waals surface area contributed by atoms with Crippen molar-refractivity contribution in [1.82, 2.24) is 4.57 Å². The molecule has 0 bridgehead atoms. The van der Waals surface area contributed by atoms with Gasteiger partial charge in [-0.15, -0.1) is 0 Å². The summed E-state index contributed by atoms with van der Waals surface area (Å²) >= 11 is 0. The Balaban J connectivity index is 2.61. The minimum Gasteiger partial charge on any atom is -0.284 e. The van der Waals surface area contributed by atoms with Crippen molar-refractivity contribution in [2.75, 3.05) is 0 Å². The summed E-state index contributed by atoms with van der Waals surface area (Å²) in [6, 6.07) is 10.00. The molecular formula is C15H17NO. The van der Waals surface area contributed by atoms with Crippen LogP contribution in [0.1, 0.15) is 23.6 Å². The maximum atomic E-state index is 12.3. The number of rotatable bonds is 2. The Morgan fingerprint density at radius 3 is 2.29 bits per heavy atom. The molecule has 0 saturated heterocycles. The molecule has 2 aromatic rings. The fourth-order valence-corrected chi connectivity index (χ4v) is 2.01. The summed E-state index contributed by atoms with van der Waals surface area (Å²) in [5, 5.41) is 0. The highest BCUT2D eigenvalue weighted by Crippen LogP contribution is 2.09. The largest absolute Gasteiger partial charge is 0.284 e. The monoisotopic (exact) mass is 227 g/mol. The first kappa shape index (κ1) is 11.6. The Hall–Kier alpha value is -1.83. The molecule has 0 amide bonds. The van der Waals surface area contributed by atoms with Crippen LogP contribution in [0.2, 0.25) is 0 Å². The number of aryl methyl sites for hydroxylation is 2. The van der Waals surface area contributed by atoms with E-state index in [-0.39, 0.29) is 5.56 Å². The van der Waals surface area contributed by atoms with Gasteiger partial charge in [0, 0.05) is 17.4 Å². The normalized spacial score (nSPS) is 10.5. The SMILES string of the molecule is CCc1c(C)ccn(-c2ccc(C)cc2)c1=O. The third-order valence-electron chi connectivity index (χ3n) is 3.09. The van der Waals surface area contributed by atoms with Gasteiger partial charge in [0.25, 0.3) is 5.56 Å². The van der Waals surface area contributed by atoms with Crippen molar-refractivity contribution in [3.63, 3.8) is 0 Å². The van der Waals surface area contributed by atoms with Crippen LogP contribution < -0.4 is 5.56 Å². The zero-order valence-electron chi connectivity index (χ0n) is 10.5. The van der Waals surface area contributed by atoms with E-state index in [1.54, 1.807) is 4.57 Å². The Morgan fingerprint density at radius 2 is 1.71 bits per heavy atom. The van der Waals surface area contributed by atoms with Gasteiger partial charge >= 0.3 is 0 Å². The molecule has 2 rings (SSSR count). The minimum absolute atomic E-state index is 0.0938. The smallest absolute Gasteiger partial charge is 0.258 e. The van der Waals surface area contributed by atoms with Crippen LogP contribution in [0.3, 0.4) is 0 Å². The number of nitrogens with zero attached hydrogens (tertiary/aromatic N) is 1. The van der Waals surface area contributed by atoms with Crippen molar-refractivity contribution in [3.05, 3.63) is 63.6 Å². The molecule has 0 aliphatic carbocycles. The number of hydrogen-bond acceptors (Lipinski definition) is 1. The lowest BCUT2D eigenvalue weighted by molar-refractivity contribution is 0.925. The van der Waals surface area contributed by atoms with Gasteiger partial charge in [-0.2, -0.15) is 0 Å². The minimum atomic E-state index is 0.0938. The average Bonchev–Trinajstić information content (AvgIpc) is 2.31. The summed E-state index contributed by atoms with van der Waals surface area (Å²) in [5.74, 6) is 0. The molecule has 0 spiro atoms. The molecule has 1 aromatic carbocycles. The van der Waals surface area contributed by atoms with Crippen LogP contribution in [-0.4, -0.2) is 4.57 Å². The molecule has 1 aromatic heterocycles. The van der Waals surface area contributed by atoms with Crippen LogP contribution in [0.15, 0.2) is 41.3 Å². The van der Waals surface area contributed by atoms with E-state index < -0.39 is 0 Å².